The first-order valence-corrected chi connectivity index (χ1v) is 10.8. The number of likely N-dealkylation sites (tertiary alicyclic amines) is 1. The Morgan fingerprint density at radius 1 is 1.23 bits per heavy atom. The monoisotopic (exact) mass is 404 g/mol. The second kappa shape index (κ2) is 7.47. The molecule has 0 bridgehead atoms. The van der Waals surface area contributed by atoms with Crippen molar-refractivity contribution in [1.29, 1.82) is 0 Å². The number of aromatic nitrogens is 1. The van der Waals surface area contributed by atoms with Crippen LogP contribution in [0.25, 0.3) is 10.9 Å². The van der Waals surface area contributed by atoms with Crippen LogP contribution >= 0.6 is 0 Å². The standard InChI is InChI=1S/C25H28N2O3/c1-15-12-22(30-2)21(20-10-11-26-23(15)20)14-27-13-18-4-3-5-19(18)24(27)16-6-8-17(9-7-16)25(28)29/h6-12,18-19,24,26H,3-5,13-14H2,1-2H3,(H,28,29). The highest BCUT2D eigenvalue weighted by Gasteiger charge is 2.44. The molecule has 1 aromatic heterocycles. The summed E-state index contributed by atoms with van der Waals surface area (Å²) in [5.41, 5.74) is 5.17. The number of hydrogen-bond donors (Lipinski definition) is 2. The summed E-state index contributed by atoms with van der Waals surface area (Å²) in [4.78, 5) is 17.3. The first kappa shape index (κ1) is 19.2. The van der Waals surface area contributed by atoms with Gasteiger partial charge in [0.1, 0.15) is 5.75 Å². The summed E-state index contributed by atoms with van der Waals surface area (Å²) in [5, 5.41) is 10.5. The maximum Gasteiger partial charge on any atom is 0.335 e. The van der Waals surface area contributed by atoms with Gasteiger partial charge < -0.3 is 14.8 Å². The first-order valence-electron chi connectivity index (χ1n) is 10.8. The summed E-state index contributed by atoms with van der Waals surface area (Å²) in [5.74, 6) is 1.42. The van der Waals surface area contributed by atoms with Gasteiger partial charge in [0.2, 0.25) is 0 Å². The lowest BCUT2D eigenvalue weighted by Gasteiger charge is -2.29. The van der Waals surface area contributed by atoms with Crippen molar-refractivity contribution in [3.63, 3.8) is 0 Å². The van der Waals surface area contributed by atoms with Crippen molar-refractivity contribution in [3.05, 3.63) is 64.8 Å². The van der Waals surface area contributed by atoms with E-state index in [4.69, 9.17) is 4.74 Å². The van der Waals surface area contributed by atoms with Crippen molar-refractivity contribution in [1.82, 2.24) is 9.88 Å². The van der Waals surface area contributed by atoms with Gasteiger partial charge in [-0.1, -0.05) is 18.6 Å². The van der Waals surface area contributed by atoms with Crippen LogP contribution in [0.15, 0.2) is 42.6 Å². The van der Waals surface area contributed by atoms with E-state index in [-0.39, 0.29) is 0 Å². The zero-order valence-electron chi connectivity index (χ0n) is 17.5. The number of methoxy groups -OCH3 is 1. The molecule has 1 aliphatic carbocycles. The van der Waals surface area contributed by atoms with Gasteiger partial charge in [-0.2, -0.15) is 0 Å². The molecule has 30 heavy (non-hydrogen) atoms. The van der Waals surface area contributed by atoms with Crippen molar-refractivity contribution >= 4 is 16.9 Å². The molecule has 0 spiro atoms. The number of ether oxygens (including phenoxy) is 1. The van der Waals surface area contributed by atoms with Gasteiger partial charge in [-0.25, -0.2) is 4.79 Å². The van der Waals surface area contributed by atoms with Crippen LogP contribution in [0, 0.1) is 18.8 Å². The fraction of sp³-hybridized carbons (Fsp3) is 0.400. The highest BCUT2D eigenvalue weighted by Crippen LogP contribution is 2.50. The molecule has 156 valence electrons. The number of H-pyrrole nitrogens is 1. The molecule has 0 amide bonds. The predicted octanol–water partition coefficient (Wildman–Crippen LogP) is 5.16. The van der Waals surface area contributed by atoms with Crippen LogP contribution in [0.1, 0.15) is 52.4 Å². The second-order valence-corrected chi connectivity index (χ2v) is 8.80. The van der Waals surface area contributed by atoms with Crippen molar-refractivity contribution < 1.29 is 14.6 Å². The van der Waals surface area contributed by atoms with E-state index < -0.39 is 5.97 Å². The highest BCUT2D eigenvalue weighted by atomic mass is 16.5. The quantitative estimate of drug-likeness (QED) is 0.617. The molecule has 2 N–H and O–H groups in total. The largest absolute Gasteiger partial charge is 0.496 e. The summed E-state index contributed by atoms with van der Waals surface area (Å²) in [6.45, 7) is 4.02. The molecule has 3 atom stereocenters. The topological polar surface area (TPSA) is 65.6 Å². The number of aromatic amines is 1. The van der Waals surface area contributed by atoms with Crippen molar-refractivity contribution in [3.8, 4) is 5.75 Å². The lowest BCUT2D eigenvalue weighted by molar-refractivity contribution is 0.0697. The third kappa shape index (κ3) is 3.08. The normalized spacial score (nSPS) is 23.7. The Kier molecular flexibility index (Phi) is 4.78. The number of rotatable bonds is 5. The van der Waals surface area contributed by atoms with Gasteiger partial charge in [0, 0.05) is 41.8 Å². The Morgan fingerprint density at radius 2 is 2.03 bits per heavy atom. The minimum atomic E-state index is -0.872. The molecule has 2 fully saturated rings. The average molecular weight is 405 g/mol. The summed E-state index contributed by atoms with van der Waals surface area (Å²) < 4.78 is 5.79. The molecule has 2 aliphatic rings. The van der Waals surface area contributed by atoms with Gasteiger partial charge in [-0.05, 0) is 67.0 Å². The maximum absolute atomic E-state index is 11.3. The summed E-state index contributed by atoms with van der Waals surface area (Å²) in [6, 6.07) is 12.1. The molecular weight excluding hydrogens is 376 g/mol. The van der Waals surface area contributed by atoms with Gasteiger partial charge in [0.15, 0.2) is 0 Å². The van der Waals surface area contributed by atoms with Crippen LogP contribution in [-0.4, -0.2) is 34.6 Å². The Balaban J connectivity index is 1.53. The number of carbonyl (C=O) groups is 1. The second-order valence-electron chi connectivity index (χ2n) is 8.80. The van der Waals surface area contributed by atoms with E-state index >= 15 is 0 Å². The van der Waals surface area contributed by atoms with Crippen molar-refractivity contribution in [2.75, 3.05) is 13.7 Å². The SMILES string of the molecule is COc1cc(C)c2[nH]ccc2c1CN1CC2CCCC2C1c1ccc(C(=O)O)cc1. The lowest BCUT2D eigenvalue weighted by atomic mass is 9.89. The van der Waals surface area contributed by atoms with Crippen LogP contribution < -0.4 is 4.74 Å². The molecular formula is C25H28N2O3. The number of benzene rings is 2. The fourth-order valence-corrected chi connectivity index (χ4v) is 5.82. The van der Waals surface area contributed by atoms with Gasteiger partial charge in [-0.15, -0.1) is 0 Å². The molecule has 0 radical (unpaired) electrons. The van der Waals surface area contributed by atoms with E-state index in [1.807, 2.05) is 18.3 Å². The van der Waals surface area contributed by atoms with Crippen molar-refractivity contribution in [2.45, 2.75) is 38.8 Å². The number of aromatic carboxylic acids is 1. The minimum absolute atomic E-state index is 0.320. The average Bonchev–Trinajstić information content (AvgIpc) is 3.46. The van der Waals surface area contributed by atoms with E-state index in [0.717, 1.165) is 18.8 Å². The number of nitrogens with one attached hydrogen (secondary N) is 1. The van der Waals surface area contributed by atoms with E-state index in [2.05, 4.69) is 28.9 Å². The third-order valence-corrected chi connectivity index (χ3v) is 7.18. The lowest BCUT2D eigenvalue weighted by Crippen LogP contribution is -2.26. The van der Waals surface area contributed by atoms with Gasteiger partial charge in [0.25, 0.3) is 0 Å². The summed E-state index contributed by atoms with van der Waals surface area (Å²) >= 11 is 0. The maximum atomic E-state index is 11.3. The third-order valence-electron chi connectivity index (χ3n) is 7.18. The number of fused-ring (bicyclic) bond motifs is 2. The van der Waals surface area contributed by atoms with Crippen LogP contribution in [0.2, 0.25) is 0 Å². The molecule has 3 unspecified atom stereocenters. The van der Waals surface area contributed by atoms with Crippen LogP contribution in [0.5, 0.6) is 5.75 Å². The first-order chi connectivity index (χ1) is 14.6. The molecule has 1 saturated carbocycles. The molecule has 5 nitrogen and oxygen atoms in total. The van der Waals surface area contributed by atoms with E-state index in [9.17, 15) is 9.90 Å². The van der Waals surface area contributed by atoms with Gasteiger partial charge in [-0.3, -0.25) is 4.90 Å². The van der Waals surface area contributed by atoms with E-state index in [1.165, 1.54) is 46.9 Å². The Bertz CT molecular complexity index is 1090. The summed E-state index contributed by atoms with van der Waals surface area (Å²) in [6.07, 6.45) is 5.83. The number of hydrogen-bond acceptors (Lipinski definition) is 3. The smallest absolute Gasteiger partial charge is 0.335 e. The Morgan fingerprint density at radius 3 is 2.77 bits per heavy atom. The molecule has 5 heteroatoms. The van der Waals surface area contributed by atoms with Crippen LogP contribution in [-0.2, 0) is 6.54 Å². The minimum Gasteiger partial charge on any atom is -0.496 e. The number of aryl methyl sites for hydroxylation is 1. The number of carboxylic acids is 1. The Hall–Kier alpha value is -2.79. The van der Waals surface area contributed by atoms with Gasteiger partial charge >= 0.3 is 5.97 Å². The predicted molar refractivity (Wildman–Crippen MR) is 117 cm³/mol. The van der Waals surface area contributed by atoms with E-state index in [1.54, 1.807) is 19.2 Å². The number of carboxylic acid groups (broad SMARTS) is 1. The van der Waals surface area contributed by atoms with Gasteiger partial charge in [0.05, 0.1) is 12.7 Å². The number of nitrogens with zero attached hydrogens (tertiary/aromatic N) is 1. The molecule has 3 aromatic rings. The zero-order chi connectivity index (χ0) is 20.8. The zero-order valence-corrected chi connectivity index (χ0v) is 17.5. The van der Waals surface area contributed by atoms with Crippen molar-refractivity contribution in [2.24, 2.45) is 11.8 Å². The molecule has 1 aliphatic heterocycles. The van der Waals surface area contributed by atoms with Crippen LogP contribution in [0.4, 0.5) is 0 Å². The fourth-order valence-electron chi connectivity index (χ4n) is 5.82. The van der Waals surface area contributed by atoms with Crippen LogP contribution in [0.3, 0.4) is 0 Å². The molecule has 1 saturated heterocycles. The molecule has 5 rings (SSSR count). The molecule has 2 aromatic carbocycles. The summed E-state index contributed by atoms with van der Waals surface area (Å²) in [7, 11) is 1.75. The Labute approximate surface area is 176 Å². The van der Waals surface area contributed by atoms with E-state index in [0.29, 0.717) is 23.4 Å². The highest BCUT2D eigenvalue weighted by molar-refractivity contribution is 5.88. The molecule has 2 heterocycles.